The molecule has 0 aromatic heterocycles. The number of nitrogens with one attached hydrogen (secondary N) is 1. The normalized spacial score (nSPS) is 17.7. The Bertz CT molecular complexity index is 392. The number of amides is 2. The Morgan fingerprint density at radius 3 is 2.00 bits per heavy atom. The van der Waals surface area contributed by atoms with Gasteiger partial charge in [-0.1, -0.05) is 0 Å². The predicted molar refractivity (Wildman–Crippen MR) is 62.7 cm³/mol. The monoisotopic (exact) mass is 317 g/mol. The van der Waals surface area contributed by atoms with Crippen LogP contribution in [0.25, 0.3) is 0 Å². The van der Waals surface area contributed by atoms with Crippen LogP contribution in [0.3, 0.4) is 0 Å². The molecule has 5 nitrogen and oxygen atoms in total. The minimum absolute atomic E-state index is 0.0194. The van der Waals surface area contributed by atoms with Gasteiger partial charge in [-0.05, 0) is 6.92 Å². The van der Waals surface area contributed by atoms with E-state index < -0.39 is 18.0 Å². The third kappa shape index (κ3) is 4.26. The van der Waals surface area contributed by atoms with E-state index in [-0.39, 0.29) is 38.6 Å². The highest BCUT2D eigenvalue weighted by molar-refractivity contribution is 5.84. The van der Waals surface area contributed by atoms with Crippen LogP contribution in [0, 0.1) is 0 Å². The van der Waals surface area contributed by atoms with Crippen LogP contribution in [0.5, 0.6) is 0 Å². The van der Waals surface area contributed by atoms with Crippen molar-refractivity contribution in [3.63, 3.8) is 0 Å². The van der Waals surface area contributed by atoms with Crippen molar-refractivity contribution in [2.45, 2.75) is 19.0 Å². The van der Waals surface area contributed by atoms with Gasteiger partial charge in [0, 0.05) is 32.7 Å². The summed E-state index contributed by atoms with van der Waals surface area (Å²) < 4.78 is 62.2. The van der Waals surface area contributed by atoms with Crippen molar-refractivity contribution in [2.24, 2.45) is 0 Å². The molecule has 1 rings (SSSR count). The Morgan fingerprint density at radius 1 is 1.05 bits per heavy atom. The second-order valence-corrected chi connectivity index (χ2v) is 4.59. The predicted octanol–water partition coefficient (Wildman–Crippen LogP) is 0.464. The van der Waals surface area contributed by atoms with Crippen molar-refractivity contribution in [1.29, 1.82) is 0 Å². The highest BCUT2D eigenvalue weighted by Crippen LogP contribution is 2.37. The number of carbonyl (C=O) groups is 2. The molecule has 122 valence electrons. The summed E-state index contributed by atoms with van der Waals surface area (Å²) >= 11 is 0. The van der Waals surface area contributed by atoms with E-state index in [4.69, 9.17) is 0 Å². The molecule has 0 aromatic carbocycles. The van der Waals surface area contributed by atoms with Crippen molar-refractivity contribution >= 4 is 11.8 Å². The molecule has 0 radical (unpaired) electrons. The number of likely N-dealkylation sites (N-methyl/N-ethyl adjacent to an activating group) is 1. The number of hydrogen-bond acceptors (Lipinski definition) is 3. The maximum atomic E-state index is 12.9. The fourth-order valence-electron chi connectivity index (χ4n) is 1.89. The first-order chi connectivity index (χ1) is 9.59. The van der Waals surface area contributed by atoms with Crippen LogP contribution in [-0.4, -0.2) is 73.0 Å². The van der Waals surface area contributed by atoms with Crippen molar-refractivity contribution < 1.29 is 31.5 Å². The molecular weight excluding hydrogens is 301 g/mol. The van der Waals surface area contributed by atoms with Gasteiger partial charge >= 0.3 is 18.0 Å². The van der Waals surface area contributed by atoms with Gasteiger partial charge in [0.2, 0.25) is 5.91 Å². The number of piperazine rings is 1. The number of nitrogens with zero attached hydrogens (tertiary/aromatic N) is 2. The minimum Gasteiger partial charge on any atom is -0.355 e. The van der Waals surface area contributed by atoms with Crippen molar-refractivity contribution in [2.75, 3.05) is 39.3 Å². The van der Waals surface area contributed by atoms with Crippen LogP contribution in [0.1, 0.15) is 6.92 Å². The Labute approximate surface area is 118 Å². The number of hydrogen-bond donors (Lipinski definition) is 1. The lowest BCUT2D eigenvalue weighted by Crippen LogP contribution is -2.58. The molecule has 1 aliphatic rings. The molecule has 1 saturated heterocycles. The first-order valence-electron chi connectivity index (χ1n) is 6.32. The Hall–Kier alpha value is -1.45. The molecule has 0 aromatic rings. The van der Waals surface area contributed by atoms with Gasteiger partial charge in [0.1, 0.15) is 0 Å². The topological polar surface area (TPSA) is 52.7 Å². The van der Waals surface area contributed by atoms with E-state index in [0.717, 1.165) is 0 Å². The van der Waals surface area contributed by atoms with E-state index in [1.165, 1.54) is 0 Å². The molecule has 1 N–H and O–H groups in total. The summed E-state index contributed by atoms with van der Waals surface area (Å²) in [4.78, 5) is 24.6. The number of alkyl halides is 5. The molecule has 0 atom stereocenters. The molecule has 1 fully saturated rings. The lowest BCUT2D eigenvalue weighted by atomic mass is 10.2. The maximum Gasteiger partial charge on any atom is 0.463 e. The summed E-state index contributed by atoms with van der Waals surface area (Å²) in [5, 5.41) is 2.54. The highest BCUT2D eigenvalue weighted by atomic mass is 19.4. The third-order valence-electron chi connectivity index (χ3n) is 3.03. The zero-order valence-electron chi connectivity index (χ0n) is 11.3. The first kappa shape index (κ1) is 17.6. The number of rotatable bonds is 4. The number of carbonyl (C=O) groups excluding carboxylic acids is 2. The van der Waals surface area contributed by atoms with E-state index in [0.29, 0.717) is 11.4 Å². The Morgan fingerprint density at radius 2 is 1.57 bits per heavy atom. The van der Waals surface area contributed by atoms with Crippen LogP contribution in [0.15, 0.2) is 0 Å². The van der Waals surface area contributed by atoms with Gasteiger partial charge in [0.15, 0.2) is 0 Å². The Balaban J connectivity index is 2.53. The first-order valence-corrected chi connectivity index (χ1v) is 6.32. The highest BCUT2D eigenvalue weighted by Gasteiger charge is 2.64. The van der Waals surface area contributed by atoms with Crippen LogP contribution >= 0.6 is 0 Å². The van der Waals surface area contributed by atoms with Crippen molar-refractivity contribution in [3.05, 3.63) is 0 Å². The van der Waals surface area contributed by atoms with E-state index in [2.05, 4.69) is 5.32 Å². The summed E-state index contributed by atoms with van der Waals surface area (Å²) in [5.41, 5.74) is 0. The Kier molecular flexibility index (Phi) is 5.48. The lowest BCUT2D eigenvalue weighted by Gasteiger charge is -2.36. The summed E-state index contributed by atoms with van der Waals surface area (Å²) in [7, 11) is 0. The maximum absolute atomic E-state index is 12.9. The second kappa shape index (κ2) is 6.54. The zero-order valence-corrected chi connectivity index (χ0v) is 11.3. The van der Waals surface area contributed by atoms with Crippen LogP contribution in [0.4, 0.5) is 22.0 Å². The van der Waals surface area contributed by atoms with Gasteiger partial charge in [-0.25, -0.2) is 0 Å². The SMILES string of the molecule is CCNC(=O)CN1CCN(C(=O)C(F)(F)C(F)(F)F)CC1. The largest absolute Gasteiger partial charge is 0.463 e. The summed E-state index contributed by atoms with van der Waals surface area (Å²) in [5.74, 6) is -7.89. The van der Waals surface area contributed by atoms with Gasteiger partial charge in [-0.15, -0.1) is 0 Å². The van der Waals surface area contributed by atoms with Crippen molar-refractivity contribution in [1.82, 2.24) is 15.1 Å². The molecule has 10 heteroatoms. The fraction of sp³-hybridized carbons (Fsp3) is 0.818. The summed E-state index contributed by atoms with van der Waals surface area (Å²) in [6.07, 6.45) is -5.90. The van der Waals surface area contributed by atoms with E-state index >= 15 is 0 Å². The van der Waals surface area contributed by atoms with E-state index in [1.54, 1.807) is 11.8 Å². The standard InChI is InChI=1S/C11H16F5N3O2/c1-2-17-8(20)7-18-3-5-19(6-4-18)9(21)10(12,13)11(14,15)16/h2-7H2,1H3,(H,17,20). The summed E-state index contributed by atoms with van der Waals surface area (Å²) in [6.45, 7) is 1.77. The molecule has 0 aliphatic carbocycles. The quantitative estimate of drug-likeness (QED) is 0.767. The van der Waals surface area contributed by atoms with Gasteiger partial charge in [0.25, 0.3) is 0 Å². The molecule has 1 aliphatic heterocycles. The molecule has 21 heavy (non-hydrogen) atoms. The van der Waals surface area contributed by atoms with Crippen molar-refractivity contribution in [3.8, 4) is 0 Å². The third-order valence-corrected chi connectivity index (χ3v) is 3.03. The van der Waals surface area contributed by atoms with Crippen LogP contribution in [0.2, 0.25) is 0 Å². The molecule has 0 bridgehead atoms. The van der Waals surface area contributed by atoms with Gasteiger partial charge in [-0.3, -0.25) is 14.5 Å². The lowest BCUT2D eigenvalue weighted by molar-refractivity contribution is -0.274. The molecule has 0 saturated carbocycles. The molecule has 1 heterocycles. The molecule has 2 amide bonds. The molecule has 0 unspecified atom stereocenters. The smallest absolute Gasteiger partial charge is 0.355 e. The average molecular weight is 317 g/mol. The molecular formula is C11H16F5N3O2. The van der Waals surface area contributed by atoms with Crippen LogP contribution in [-0.2, 0) is 9.59 Å². The number of halogens is 5. The second-order valence-electron chi connectivity index (χ2n) is 4.59. The van der Waals surface area contributed by atoms with Gasteiger partial charge in [-0.2, -0.15) is 22.0 Å². The van der Waals surface area contributed by atoms with Gasteiger partial charge < -0.3 is 10.2 Å². The molecule has 0 spiro atoms. The van der Waals surface area contributed by atoms with E-state index in [9.17, 15) is 31.5 Å². The minimum atomic E-state index is -5.90. The van der Waals surface area contributed by atoms with E-state index in [1.807, 2.05) is 0 Å². The van der Waals surface area contributed by atoms with Crippen LogP contribution < -0.4 is 5.32 Å². The summed E-state index contributed by atoms with van der Waals surface area (Å²) in [6, 6.07) is 0. The fourth-order valence-corrected chi connectivity index (χ4v) is 1.89. The van der Waals surface area contributed by atoms with Gasteiger partial charge in [0.05, 0.1) is 6.54 Å². The average Bonchev–Trinajstić information content (AvgIpc) is 2.37. The zero-order chi connectivity index (χ0) is 16.3.